The Morgan fingerprint density at radius 1 is 1.19 bits per heavy atom. The molecule has 1 aliphatic rings. The number of fused-ring (bicyclic) bond motifs is 1. The molecule has 3 heterocycles. The van der Waals surface area contributed by atoms with Crippen molar-refractivity contribution < 1.29 is 18.0 Å². The summed E-state index contributed by atoms with van der Waals surface area (Å²) in [6, 6.07) is 2.31. The first kappa shape index (κ1) is 22.3. The molecule has 0 aliphatic carbocycles. The van der Waals surface area contributed by atoms with Crippen molar-refractivity contribution >= 4 is 40.0 Å². The monoisotopic (exact) mass is 467 g/mol. The van der Waals surface area contributed by atoms with Crippen LogP contribution in [0, 0.1) is 0 Å². The largest absolute Gasteiger partial charge is 0.416 e. The van der Waals surface area contributed by atoms with E-state index in [9.17, 15) is 18.0 Å². The van der Waals surface area contributed by atoms with Crippen LogP contribution >= 0.6 is 11.6 Å². The molecule has 0 radical (unpaired) electrons. The molecule has 32 heavy (non-hydrogen) atoms. The summed E-state index contributed by atoms with van der Waals surface area (Å²) in [5, 5.41) is 7.66. The number of carbonyl (C=O) groups excluding carboxylic acids is 1. The minimum atomic E-state index is -4.52. The van der Waals surface area contributed by atoms with E-state index in [-0.39, 0.29) is 10.7 Å². The number of aromatic nitrogens is 4. The number of hydrogen-bond acceptors (Lipinski definition) is 6. The molecule has 1 aliphatic heterocycles. The van der Waals surface area contributed by atoms with Gasteiger partial charge in [0.15, 0.2) is 5.65 Å². The predicted molar refractivity (Wildman–Crippen MR) is 115 cm³/mol. The van der Waals surface area contributed by atoms with Crippen LogP contribution in [0.4, 0.5) is 24.7 Å². The third kappa shape index (κ3) is 4.35. The molecule has 12 heteroatoms. The van der Waals surface area contributed by atoms with Crippen molar-refractivity contribution in [2.24, 2.45) is 7.05 Å². The SMILES string of the molecule is C[C@H](C(=O)Nc1cc(C(F)(F)F)ccc1Cl)N1CCN(c2ncnc3c2cnn3C)CC1. The van der Waals surface area contributed by atoms with Crippen molar-refractivity contribution in [1.29, 1.82) is 0 Å². The van der Waals surface area contributed by atoms with E-state index in [2.05, 4.69) is 25.3 Å². The first-order valence-corrected chi connectivity index (χ1v) is 10.3. The van der Waals surface area contributed by atoms with E-state index in [1.54, 1.807) is 17.8 Å². The van der Waals surface area contributed by atoms with Gasteiger partial charge < -0.3 is 10.2 Å². The highest BCUT2D eigenvalue weighted by Crippen LogP contribution is 2.34. The molecular formula is C20H21ClF3N7O. The molecule has 0 spiro atoms. The number of carbonyl (C=O) groups is 1. The summed E-state index contributed by atoms with van der Waals surface area (Å²) in [6.45, 7) is 4.13. The number of rotatable bonds is 4. The molecule has 170 valence electrons. The fraction of sp³-hybridized carbons (Fsp3) is 0.400. The van der Waals surface area contributed by atoms with Gasteiger partial charge in [-0.1, -0.05) is 11.6 Å². The molecule has 1 aromatic carbocycles. The predicted octanol–water partition coefficient (Wildman–Crippen LogP) is 3.18. The van der Waals surface area contributed by atoms with Gasteiger partial charge in [-0.25, -0.2) is 9.97 Å². The van der Waals surface area contributed by atoms with Gasteiger partial charge in [-0.05, 0) is 25.1 Å². The molecule has 1 fully saturated rings. The fourth-order valence-corrected chi connectivity index (χ4v) is 3.89. The minimum absolute atomic E-state index is 0.0487. The minimum Gasteiger partial charge on any atom is -0.353 e. The molecule has 4 rings (SSSR count). The molecule has 0 saturated carbocycles. The number of anilines is 2. The summed E-state index contributed by atoms with van der Waals surface area (Å²) in [4.78, 5) is 25.4. The zero-order valence-electron chi connectivity index (χ0n) is 17.4. The molecule has 1 atom stereocenters. The molecule has 0 unspecified atom stereocenters. The molecule has 3 aromatic rings. The number of piperazine rings is 1. The lowest BCUT2D eigenvalue weighted by Crippen LogP contribution is -2.53. The number of aryl methyl sites for hydroxylation is 1. The van der Waals surface area contributed by atoms with Crippen molar-refractivity contribution in [2.45, 2.75) is 19.1 Å². The molecule has 8 nitrogen and oxygen atoms in total. The number of halogens is 4. The summed E-state index contributed by atoms with van der Waals surface area (Å²) in [5.41, 5.74) is -0.190. The van der Waals surface area contributed by atoms with E-state index in [1.165, 1.54) is 6.33 Å². The van der Waals surface area contributed by atoms with Gasteiger partial charge in [-0.15, -0.1) is 0 Å². The van der Waals surface area contributed by atoms with Crippen LogP contribution in [0.25, 0.3) is 11.0 Å². The smallest absolute Gasteiger partial charge is 0.353 e. The quantitative estimate of drug-likeness (QED) is 0.635. The highest BCUT2D eigenvalue weighted by Gasteiger charge is 2.32. The fourth-order valence-electron chi connectivity index (χ4n) is 3.72. The van der Waals surface area contributed by atoms with Gasteiger partial charge in [0, 0.05) is 33.2 Å². The summed E-state index contributed by atoms with van der Waals surface area (Å²) in [7, 11) is 1.81. The maximum absolute atomic E-state index is 13.0. The second-order valence-electron chi connectivity index (χ2n) is 7.58. The average molecular weight is 468 g/mol. The lowest BCUT2D eigenvalue weighted by Gasteiger charge is -2.38. The Morgan fingerprint density at radius 2 is 1.91 bits per heavy atom. The van der Waals surface area contributed by atoms with Crippen molar-refractivity contribution in [2.75, 3.05) is 36.4 Å². The van der Waals surface area contributed by atoms with Crippen molar-refractivity contribution in [3.05, 3.63) is 41.3 Å². The second-order valence-corrected chi connectivity index (χ2v) is 7.99. The van der Waals surface area contributed by atoms with Crippen LogP contribution in [0.1, 0.15) is 12.5 Å². The van der Waals surface area contributed by atoms with E-state index < -0.39 is 23.7 Å². The van der Waals surface area contributed by atoms with Gasteiger partial charge in [-0.3, -0.25) is 14.4 Å². The maximum Gasteiger partial charge on any atom is 0.416 e. The highest BCUT2D eigenvalue weighted by atomic mass is 35.5. The number of alkyl halides is 3. The molecule has 2 aromatic heterocycles. The standard InChI is InChI=1S/C20H21ClF3N7O/c1-12(19(32)28-16-9-13(20(22,23)24)3-4-15(16)21)30-5-7-31(8-6-30)18-14-10-27-29(2)17(14)25-11-26-18/h3-4,9-12H,5-8H2,1-2H3,(H,28,32)/t12-/m1/s1. The van der Waals surface area contributed by atoms with Crippen LogP contribution in [0.5, 0.6) is 0 Å². The molecule has 0 bridgehead atoms. The Bertz CT molecular complexity index is 1140. The topological polar surface area (TPSA) is 79.2 Å². The van der Waals surface area contributed by atoms with Crippen LogP contribution in [-0.4, -0.2) is 62.8 Å². The Labute approximate surface area is 187 Å². The summed E-state index contributed by atoms with van der Waals surface area (Å²) < 4.78 is 40.6. The Balaban J connectivity index is 1.41. The van der Waals surface area contributed by atoms with E-state index >= 15 is 0 Å². The highest BCUT2D eigenvalue weighted by molar-refractivity contribution is 6.33. The van der Waals surface area contributed by atoms with Crippen molar-refractivity contribution in [1.82, 2.24) is 24.6 Å². The van der Waals surface area contributed by atoms with Gasteiger partial charge in [0.2, 0.25) is 5.91 Å². The van der Waals surface area contributed by atoms with E-state index in [0.717, 1.165) is 35.1 Å². The van der Waals surface area contributed by atoms with Gasteiger partial charge >= 0.3 is 6.18 Å². The number of hydrogen-bond donors (Lipinski definition) is 1. The summed E-state index contributed by atoms with van der Waals surface area (Å²) in [5.74, 6) is 0.368. The third-order valence-corrected chi connectivity index (χ3v) is 5.93. The number of nitrogens with zero attached hydrogens (tertiary/aromatic N) is 6. The van der Waals surface area contributed by atoms with Gasteiger partial charge in [0.05, 0.1) is 33.9 Å². The molecule has 1 N–H and O–H groups in total. The molecule has 1 saturated heterocycles. The van der Waals surface area contributed by atoms with E-state index in [4.69, 9.17) is 11.6 Å². The normalized spacial score (nSPS) is 16.4. The Kier molecular flexibility index (Phi) is 5.95. The zero-order chi connectivity index (χ0) is 23.0. The van der Waals surface area contributed by atoms with Crippen LogP contribution in [-0.2, 0) is 18.0 Å². The lowest BCUT2D eigenvalue weighted by atomic mass is 10.1. The van der Waals surface area contributed by atoms with Gasteiger partial charge in [0.1, 0.15) is 12.1 Å². The summed E-state index contributed by atoms with van der Waals surface area (Å²) in [6.07, 6.45) is -1.29. The summed E-state index contributed by atoms with van der Waals surface area (Å²) >= 11 is 6.00. The van der Waals surface area contributed by atoms with Crippen LogP contribution in [0.3, 0.4) is 0 Å². The van der Waals surface area contributed by atoms with E-state index in [0.29, 0.717) is 26.2 Å². The van der Waals surface area contributed by atoms with Crippen LogP contribution in [0.2, 0.25) is 5.02 Å². The Morgan fingerprint density at radius 3 is 2.59 bits per heavy atom. The van der Waals surface area contributed by atoms with Gasteiger partial charge in [0.25, 0.3) is 0 Å². The van der Waals surface area contributed by atoms with Crippen molar-refractivity contribution in [3.8, 4) is 0 Å². The van der Waals surface area contributed by atoms with E-state index in [1.807, 2.05) is 11.9 Å². The van der Waals surface area contributed by atoms with Crippen LogP contribution < -0.4 is 10.2 Å². The first-order chi connectivity index (χ1) is 15.1. The lowest BCUT2D eigenvalue weighted by molar-refractivity contribution is -0.137. The second kappa shape index (κ2) is 8.55. The first-order valence-electron chi connectivity index (χ1n) is 9.94. The van der Waals surface area contributed by atoms with Crippen LogP contribution in [0.15, 0.2) is 30.7 Å². The van der Waals surface area contributed by atoms with Crippen molar-refractivity contribution in [3.63, 3.8) is 0 Å². The Hall–Kier alpha value is -2.92. The molecular weight excluding hydrogens is 447 g/mol. The third-order valence-electron chi connectivity index (χ3n) is 5.60. The maximum atomic E-state index is 13.0. The number of benzene rings is 1. The molecule has 1 amide bonds. The van der Waals surface area contributed by atoms with Gasteiger partial charge in [-0.2, -0.15) is 18.3 Å². The number of nitrogens with one attached hydrogen (secondary N) is 1. The number of amides is 1. The average Bonchev–Trinajstić information content (AvgIpc) is 3.15. The zero-order valence-corrected chi connectivity index (χ0v) is 18.2.